The lowest BCUT2D eigenvalue weighted by Crippen LogP contribution is -2.30. The fourth-order valence-corrected chi connectivity index (χ4v) is 10.8. The van der Waals surface area contributed by atoms with Gasteiger partial charge < -0.3 is 14.2 Å². The Morgan fingerprint density at radius 1 is 0.253 bits per heavy atom. The van der Waals surface area contributed by atoms with E-state index in [0.29, 0.717) is 19.3 Å². The van der Waals surface area contributed by atoms with E-state index in [4.69, 9.17) is 14.2 Å². The largest absolute Gasteiger partial charge is 0.462 e. The fraction of sp³-hybridized carbons (Fsp3) is 0.877. The summed E-state index contributed by atoms with van der Waals surface area (Å²) in [5.74, 6) is -0.865. The molecule has 0 rings (SSSR count). The van der Waals surface area contributed by atoms with E-state index in [1.807, 2.05) is 0 Å². The number of rotatable bonds is 66. The average Bonchev–Trinajstić information content (AvgIpc) is 3.45. The Hall–Kier alpha value is -2.37. The summed E-state index contributed by atoms with van der Waals surface area (Å²) in [6, 6.07) is 0. The summed E-state index contributed by atoms with van der Waals surface area (Å²) in [6.45, 7) is 6.66. The minimum absolute atomic E-state index is 0.0738. The van der Waals surface area contributed by atoms with Gasteiger partial charge in [0.15, 0.2) is 6.10 Å². The number of hydrogen-bond donors (Lipinski definition) is 0. The molecule has 0 aliphatic carbocycles. The first kappa shape index (κ1) is 76.6. The molecule has 0 aliphatic heterocycles. The number of carbonyl (C=O) groups is 3. The first-order valence-electron chi connectivity index (χ1n) is 35.5. The van der Waals surface area contributed by atoms with Gasteiger partial charge in [0.1, 0.15) is 13.2 Å². The zero-order chi connectivity index (χ0) is 57.1. The molecule has 0 amide bonds. The van der Waals surface area contributed by atoms with Crippen LogP contribution in [-0.4, -0.2) is 37.2 Å². The smallest absolute Gasteiger partial charge is 0.306 e. The molecule has 1 unspecified atom stereocenters. The number of hydrogen-bond acceptors (Lipinski definition) is 6. The van der Waals surface area contributed by atoms with Gasteiger partial charge in [0.2, 0.25) is 0 Å². The van der Waals surface area contributed by atoms with Crippen molar-refractivity contribution in [1.29, 1.82) is 0 Å². The minimum Gasteiger partial charge on any atom is -0.462 e. The van der Waals surface area contributed by atoms with Crippen LogP contribution in [0.3, 0.4) is 0 Å². The van der Waals surface area contributed by atoms with Crippen molar-refractivity contribution >= 4 is 17.9 Å². The quantitative estimate of drug-likeness (QED) is 0.0261. The Balaban J connectivity index is 4.16. The zero-order valence-electron chi connectivity index (χ0n) is 53.4. The Bertz CT molecular complexity index is 1320. The monoisotopic (exact) mass is 1110 g/mol. The maximum absolute atomic E-state index is 12.9. The summed E-state index contributed by atoms with van der Waals surface area (Å²) in [5.41, 5.74) is 0. The molecule has 0 aromatic carbocycles. The van der Waals surface area contributed by atoms with Crippen LogP contribution in [-0.2, 0) is 28.6 Å². The van der Waals surface area contributed by atoms with Crippen LogP contribution in [0.2, 0.25) is 0 Å². The van der Waals surface area contributed by atoms with Crippen molar-refractivity contribution in [2.75, 3.05) is 13.2 Å². The van der Waals surface area contributed by atoms with Gasteiger partial charge in [-0.05, 0) is 77.0 Å². The first-order valence-corrected chi connectivity index (χ1v) is 35.5. The van der Waals surface area contributed by atoms with Crippen molar-refractivity contribution in [2.45, 2.75) is 399 Å². The van der Waals surface area contributed by atoms with Gasteiger partial charge in [-0.25, -0.2) is 0 Å². The Morgan fingerprint density at radius 3 is 0.722 bits per heavy atom. The first-order chi connectivity index (χ1) is 39.0. The molecule has 0 aromatic heterocycles. The third-order valence-corrected chi connectivity index (χ3v) is 16.1. The summed E-state index contributed by atoms with van der Waals surface area (Å²) in [5, 5.41) is 0. The maximum atomic E-state index is 12.9. The van der Waals surface area contributed by atoms with Gasteiger partial charge in [-0.3, -0.25) is 14.4 Å². The fourth-order valence-electron chi connectivity index (χ4n) is 10.8. The Kier molecular flexibility index (Phi) is 66.1. The van der Waals surface area contributed by atoms with E-state index in [-0.39, 0.29) is 31.1 Å². The maximum Gasteiger partial charge on any atom is 0.306 e. The molecular formula is C73H136O6. The highest BCUT2D eigenvalue weighted by molar-refractivity contribution is 5.71. The summed E-state index contributed by atoms with van der Waals surface area (Å²) >= 11 is 0. The summed E-state index contributed by atoms with van der Waals surface area (Å²) < 4.78 is 17.0. The molecule has 0 spiro atoms. The lowest BCUT2D eigenvalue weighted by Gasteiger charge is -2.18. The van der Waals surface area contributed by atoms with Gasteiger partial charge in [-0.1, -0.05) is 333 Å². The molecule has 0 saturated heterocycles. The highest BCUT2D eigenvalue weighted by Gasteiger charge is 2.19. The van der Waals surface area contributed by atoms with E-state index >= 15 is 0 Å². The van der Waals surface area contributed by atoms with Gasteiger partial charge in [0.05, 0.1) is 0 Å². The van der Waals surface area contributed by atoms with E-state index in [1.165, 1.54) is 276 Å². The van der Waals surface area contributed by atoms with E-state index in [0.717, 1.165) is 77.0 Å². The highest BCUT2D eigenvalue weighted by Crippen LogP contribution is 2.19. The standard InChI is InChI=1S/C73H136O6/c1-4-7-10-13-16-19-22-25-27-29-31-32-33-34-35-36-37-38-39-40-41-42-44-45-48-51-54-57-60-63-66-72(75)78-69-70(68-77-71(74)65-62-59-56-53-50-47-24-21-18-15-12-9-6-3)79-73(76)67-64-61-58-55-52-49-46-43-30-28-26-23-20-17-14-11-8-5-2/h20-21,23-24,28,30,70H,4-19,22,25-27,29,31-69H2,1-3H3/b23-20-,24-21-,30-28-. The zero-order valence-corrected chi connectivity index (χ0v) is 53.4. The van der Waals surface area contributed by atoms with Crippen LogP contribution in [0.1, 0.15) is 393 Å². The number of esters is 3. The van der Waals surface area contributed by atoms with E-state index in [1.54, 1.807) is 0 Å². The van der Waals surface area contributed by atoms with Crippen LogP contribution < -0.4 is 0 Å². The average molecular weight is 1110 g/mol. The number of carbonyl (C=O) groups excluding carboxylic acids is 3. The minimum atomic E-state index is -0.779. The molecule has 0 bridgehead atoms. The third kappa shape index (κ3) is 66.3. The molecule has 0 aromatic rings. The van der Waals surface area contributed by atoms with Gasteiger partial charge in [0.25, 0.3) is 0 Å². The second-order valence-electron chi connectivity index (χ2n) is 24.1. The van der Waals surface area contributed by atoms with E-state index in [9.17, 15) is 14.4 Å². The molecule has 1 atom stereocenters. The van der Waals surface area contributed by atoms with Gasteiger partial charge in [-0.2, -0.15) is 0 Å². The van der Waals surface area contributed by atoms with Crippen LogP contribution in [0, 0.1) is 0 Å². The molecule has 6 nitrogen and oxygen atoms in total. The van der Waals surface area contributed by atoms with Crippen LogP contribution in [0.25, 0.3) is 0 Å². The van der Waals surface area contributed by atoms with Crippen molar-refractivity contribution in [3.63, 3.8) is 0 Å². The van der Waals surface area contributed by atoms with Crippen molar-refractivity contribution in [3.8, 4) is 0 Å². The molecule has 0 N–H and O–H groups in total. The van der Waals surface area contributed by atoms with Crippen molar-refractivity contribution in [2.24, 2.45) is 0 Å². The van der Waals surface area contributed by atoms with Crippen molar-refractivity contribution in [1.82, 2.24) is 0 Å². The van der Waals surface area contributed by atoms with Crippen molar-refractivity contribution in [3.05, 3.63) is 36.5 Å². The third-order valence-electron chi connectivity index (χ3n) is 16.1. The van der Waals surface area contributed by atoms with Crippen LogP contribution >= 0.6 is 0 Å². The second kappa shape index (κ2) is 68.1. The summed E-state index contributed by atoms with van der Waals surface area (Å²) in [7, 11) is 0. The van der Waals surface area contributed by atoms with Crippen molar-refractivity contribution < 1.29 is 28.6 Å². The molecule has 0 saturated carbocycles. The number of unbranched alkanes of at least 4 members (excludes halogenated alkanes) is 49. The lowest BCUT2D eigenvalue weighted by atomic mass is 10.0. The SMILES string of the molecule is CCCCCC/C=C\C/C=C\CCCCCCCCCC(=O)OC(COC(=O)CCCCCCC/C=C\CCCCCC)COC(=O)CCCCCCCCCCCCCCCCCCCCCCCCCCCCCCCC. The van der Waals surface area contributed by atoms with Gasteiger partial charge in [0, 0.05) is 19.3 Å². The molecule has 0 aliphatic rings. The predicted molar refractivity (Wildman–Crippen MR) is 344 cm³/mol. The molecule has 0 heterocycles. The highest BCUT2D eigenvalue weighted by atomic mass is 16.6. The van der Waals surface area contributed by atoms with E-state index in [2.05, 4.69) is 57.2 Å². The second-order valence-corrected chi connectivity index (χ2v) is 24.1. The number of ether oxygens (including phenoxy) is 3. The lowest BCUT2D eigenvalue weighted by molar-refractivity contribution is -0.167. The topological polar surface area (TPSA) is 78.9 Å². The van der Waals surface area contributed by atoms with Gasteiger partial charge in [-0.15, -0.1) is 0 Å². The molecule has 79 heavy (non-hydrogen) atoms. The number of allylic oxidation sites excluding steroid dienone is 6. The van der Waals surface area contributed by atoms with Crippen LogP contribution in [0.15, 0.2) is 36.5 Å². The Labute approximate surface area is 493 Å². The summed E-state index contributed by atoms with van der Waals surface area (Å²) in [6.07, 6.45) is 84.7. The normalized spacial score (nSPS) is 12.2. The molecule has 464 valence electrons. The summed E-state index contributed by atoms with van der Waals surface area (Å²) in [4.78, 5) is 38.4. The molecular weight excluding hydrogens is 973 g/mol. The van der Waals surface area contributed by atoms with Crippen LogP contribution in [0.4, 0.5) is 0 Å². The van der Waals surface area contributed by atoms with Gasteiger partial charge >= 0.3 is 17.9 Å². The molecule has 0 radical (unpaired) electrons. The Morgan fingerprint density at radius 2 is 0.456 bits per heavy atom. The van der Waals surface area contributed by atoms with E-state index < -0.39 is 6.10 Å². The van der Waals surface area contributed by atoms with Crippen LogP contribution in [0.5, 0.6) is 0 Å². The molecule has 0 fully saturated rings. The molecule has 6 heteroatoms. The predicted octanol–water partition coefficient (Wildman–Crippen LogP) is 24.3.